The minimum Gasteiger partial charge on any atom is -0.391 e. The number of halogens is 2. The molecule has 0 amide bonds. The van der Waals surface area contributed by atoms with Crippen LogP contribution in [0.25, 0.3) is 0 Å². The number of nitrogens with one attached hydrogen (secondary N) is 1. The molecule has 0 saturated heterocycles. The normalized spacial score (nSPS) is 25.4. The van der Waals surface area contributed by atoms with E-state index in [9.17, 15) is 5.11 Å². The highest BCUT2D eigenvalue weighted by Crippen LogP contribution is 2.33. The van der Waals surface area contributed by atoms with Gasteiger partial charge in [0.15, 0.2) is 0 Å². The molecule has 94 valence electrons. The van der Waals surface area contributed by atoms with Gasteiger partial charge in [0.2, 0.25) is 0 Å². The molecule has 0 radical (unpaired) electrons. The van der Waals surface area contributed by atoms with Crippen molar-refractivity contribution in [2.45, 2.75) is 44.2 Å². The van der Waals surface area contributed by atoms with E-state index in [2.05, 4.69) is 37.2 Å². The van der Waals surface area contributed by atoms with Crippen molar-refractivity contribution < 1.29 is 5.11 Å². The maximum absolute atomic E-state index is 10.1. The van der Waals surface area contributed by atoms with Crippen molar-refractivity contribution >= 4 is 37.5 Å². The highest BCUT2D eigenvalue weighted by molar-refractivity contribution is 9.11. The molecule has 17 heavy (non-hydrogen) atoms. The summed E-state index contributed by atoms with van der Waals surface area (Å²) in [4.78, 5) is 0. The molecule has 0 heterocycles. The van der Waals surface area contributed by atoms with E-state index in [0.717, 1.165) is 33.9 Å². The van der Waals surface area contributed by atoms with Gasteiger partial charge in [-0.05, 0) is 56.8 Å². The van der Waals surface area contributed by atoms with Crippen molar-refractivity contribution in [1.29, 1.82) is 0 Å². The van der Waals surface area contributed by atoms with Crippen LogP contribution in [0.15, 0.2) is 27.1 Å². The lowest BCUT2D eigenvalue weighted by atomic mass is 10.1. The highest BCUT2D eigenvalue weighted by atomic mass is 79.9. The molecule has 1 aliphatic rings. The average Bonchev–Trinajstić information content (AvgIpc) is 2.49. The number of hydrogen-bond donors (Lipinski definition) is 2. The van der Waals surface area contributed by atoms with E-state index in [1.54, 1.807) is 0 Å². The Morgan fingerprint density at radius 3 is 2.41 bits per heavy atom. The summed E-state index contributed by atoms with van der Waals surface area (Å²) in [5.74, 6) is 0. The van der Waals surface area contributed by atoms with Crippen LogP contribution in [0.2, 0.25) is 0 Å². The van der Waals surface area contributed by atoms with Crippen LogP contribution in [-0.4, -0.2) is 17.3 Å². The Morgan fingerprint density at radius 1 is 1.06 bits per heavy atom. The van der Waals surface area contributed by atoms with Crippen molar-refractivity contribution in [3.8, 4) is 0 Å². The Morgan fingerprint density at radius 2 is 1.71 bits per heavy atom. The topological polar surface area (TPSA) is 32.3 Å². The van der Waals surface area contributed by atoms with Crippen LogP contribution < -0.4 is 5.32 Å². The number of para-hydroxylation sites is 1. The molecule has 2 nitrogen and oxygen atoms in total. The van der Waals surface area contributed by atoms with Gasteiger partial charge >= 0.3 is 0 Å². The number of hydrogen-bond acceptors (Lipinski definition) is 2. The first-order valence-corrected chi connectivity index (χ1v) is 7.65. The SMILES string of the molecule is OC1CCCCCC1Nc1c(Br)cccc1Br. The second-order valence-corrected chi connectivity index (χ2v) is 6.26. The lowest BCUT2D eigenvalue weighted by molar-refractivity contribution is 0.144. The zero-order chi connectivity index (χ0) is 12.3. The van der Waals surface area contributed by atoms with Gasteiger partial charge in [-0.3, -0.25) is 0 Å². The summed E-state index contributed by atoms with van der Waals surface area (Å²) in [6, 6.07) is 6.17. The lowest BCUT2D eigenvalue weighted by Crippen LogP contribution is -2.32. The molecular weight excluding hydrogens is 346 g/mol. The Bertz CT molecular complexity index is 363. The first-order valence-electron chi connectivity index (χ1n) is 6.07. The van der Waals surface area contributed by atoms with Gasteiger partial charge in [-0.1, -0.05) is 25.3 Å². The second-order valence-electron chi connectivity index (χ2n) is 4.55. The molecule has 1 aromatic rings. The molecule has 0 spiro atoms. The van der Waals surface area contributed by atoms with Crippen LogP contribution >= 0.6 is 31.9 Å². The van der Waals surface area contributed by atoms with Gasteiger partial charge in [-0.25, -0.2) is 0 Å². The van der Waals surface area contributed by atoms with Gasteiger partial charge in [0.05, 0.1) is 17.8 Å². The van der Waals surface area contributed by atoms with Crippen molar-refractivity contribution in [1.82, 2.24) is 0 Å². The predicted molar refractivity (Wildman–Crippen MR) is 78.3 cm³/mol. The second kappa shape index (κ2) is 6.21. The maximum Gasteiger partial charge on any atom is 0.0741 e. The molecule has 2 unspecified atom stereocenters. The summed E-state index contributed by atoms with van der Waals surface area (Å²) < 4.78 is 2.06. The van der Waals surface area contributed by atoms with Crippen molar-refractivity contribution in [3.63, 3.8) is 0 Å². The van der Waals surface area contributed by atoms with Crippen molar-refractivity contribution in [2.24, 2.45) is 0 Å². The maximum atomic E-state index is 10.1. The summed E-state index contributed by atoms with van der Waals surface area (Å²) in [5, 5.41) is 13.6. The monoisotopic (exact) mass is 361 g/mol. The van der Waals surface area contributed by atoms with Gasteiger partial charge in [0.1, 0.15) is 0 Å². The molecule has 0 aromatic heterocycles. The molecule has 2 rings (SSSR count). The van der Waals surface area contributed by atoms with E-state index in [0.29, 0.717) is 0 Å². The summed E-state index contributed by atoms with van der Waals surface area (Å²) >= 11 is 7.08. The minimum absolute atomic E-state index is 0.160. The number of rotatable bonds is 2. The average molecular weight is 363 g/mol. The van der Waals surface area contributed by atoms with Crippen molar-refractivity contribution in [2.75, 3.05) is 5.32 Å². The number of benzene rings is 1. The highest BCUT2D eigenvalue weighted by Gasteiger charge is 2.22. The largest absolute Gasteiger partial charge is 0.391 e. The van der Waals surface area contributed by atoms with Crippen LogP contribution in [0.4, 0.5) is 5.69 Å². The zero-order valence-electron chi connectivity index (χ0n) is 9.63. The third-order valence-corrected chi connectivity index (χ3v) is 4.59. The molecule has 1 aromatic carbocycles. The fourth-order valence-corrected chi connectivity index (χ4v) is 3.50. The molecule has 2 atom stereocenters. The van der Waals surface area contributed by atoms with Crippen LogP contribution in [0.1, 0.15) is 32.1 Å². The molecule has 0 aliphatic heterocycles. The zero-order valence-corrected chi connectivity index (χ0v) is 12.8. The summed E-state index contributed by atoms with van der Waals surface area (Å²) in [6.07, 6.45) is 5.26. The minimum atomic E-state index is -0.239. The standard InChI is InChI=1S/C13H17Br2NO/c14-9-5-4-6-10(15)13(9)16-11-7-2-1-3-8-12(11)17/h4-6,11-12,16-17H,1-3,7-8H2. The van der Waals surface area contributed by atoms with Crippen LogP contribution in [-0.2, 0) is 0 Å². The summed E-state index contributed by atoms with van der Waals surface area (Å²) in [5.41, 5.74) is 1.04. The van der Waals surface area contributed by atoms with E-state index >= 15 is 0 Å². The van der Waals surface area contributed by atoms with Crippen LogP contribution in [0.3, 0.4) is 0 Å². The fraction of sp³-hybridized carbons (Fsp3) is 0.538. The smallest absolute Gasteiger partial charge is 0.0741 e. The first-order chi connectivity index (χ1) is 8.18. The number of aliphatic hydroxyl groups is 1. The summed E-state index contributed by atoms with van der Waals surface area (Å²) in [6.45, 7) is 0. The molecule has 0 bridgehead atoms. The lowest BCUT2D eigenvalue weighted by Gasteiger charge is -2.24. The molecular formula is C13H17Br2NO. The first kappa shape index (κ1) is 13.4. The molecule has 1 aliphatic carbocycles. The Balaban J connectivity index is 2.13. The van der Waals surface area contributed by atoms with Gasteiger partial charge in [-0.15, -0.1) is 0 Å². The third kappa shape index (κ3) is 3.46. The quantitative estimate of drug-likeness (QED) is 0.768. The molecule has 1 fully saturated rings. The van der Waals surface area contributed by atoms with Gasteiger partial charge in [-0.2, -0.15) is 0 Å². The van der Waals surface area contributed by atoms with Gasteiger partial charge < -0.3 is 10.4 Å². The number of anilines is 1. The van der Waals surface area contributed by atoms with E-state index in [-0.39, 0.29) is 12.1 Å². The molecule has 1 saturated carbocycles. The van der Waals surface area contributed by atoms with Crippen LogP contribution in [0, 0.1) is 0 Å². The Kier molecular flexibility index (Phi) is 4.88. The number of aliphatic hydroxyl groups excluding tert-OH is 1. The van der Waals surface area contributed by atoms with E-state index in [1.165, 1.54) is 12.8 Å². The molecule has 4 heteroatoms. The van der Waals surface area contributed by atoms with E-state index < -0.39 is 0 Å². The van der Waals surface area contributed by atoms with Crippen LogP contribution in [0.5, 0.6) is 0 Å². The van der Waals surface area contributed by atoms with Gasteiger partial charge in [0.25, 0.3) is 0 Å². The fourth-order valence-electron chi connectivity index (χ4n) is 2.28. The third-order valence-electron chi connectivity index (χ3n) is 3.27. The van der Waals surface area contributed by atoms with Gasteiger partial charge in [0, 0.05) is 8.95 Å². The van der Waals surface area contributed by atoms with E-state index in [4.69, 9.17) is 0 Å². The van der Waals surface area contributed by atoms with E-state index in [1.807, 2.05) is 18.2 Å². The predicted octanol–water partition coefficient (Wildman–Crippen LogP) is 4.32. The van der Waals surface area contributed by atoms with Crippen molar-refractivity contribution in [3.05, 3.63) is 27.1 Å². The Hall–Kier alpha value is -0.0600. The summed E-state index contributed by atoms with van der Waals surface area (Å²) in [7, 11) is 0. The Labute approximate surface area is 119 Å². The molecule has 2 N–H and O–H groups in total.